The normalized spacial score (nSPS) is 10.8. The lowest BCUT2D eigenvalue weighted by Gasteiger charge is -2.08. The number of rotatable bonds is 4. The van der Waals surface area contributed by atoms with E-state index >= 15 is 0 Å². The number of nitrogens with zero attached hydrogens (tertiary/aromatic N) is 5. The van der Waals surface area contributed by atoms with Crippen LogP contribution >= 0.6 is 11.6 Å². The molecule has 3 aromatic rings. The number of hydrogen-bond donors (Lipinski definition) is 0. The lowest BCUT2D eigenvalue weighted by Crippen LogP contribution is -2.06. The second-order valence-corrected chi connectivity index (χ2v) is 5.33. The van der Waals surface area contributed by atoms with Crippen LogP contribution in [-0.4, -0.2) is 37.4 Å². The van der Waals surface area contributed by atoms with Crippen LogP contribution in [0.5, 0.6) is 5.88 Å². The Bertz CT molecular complexity index is 870. The fraction of sp³-hybridized carbons (Fsp3) is 0.200. The van der Waals surface area contributed by atoms with Crippen LogP contribution in [0.2, 0.25) is 5.02 Å². The van der Waals surface area contributed by atoms with Crippen LogP contribution in [0.25, 0.3) is 5.69 Å². The second kappa shape index (κ2) is 5.85. The van der Waals surface area contributed by atoms with Gasteiger partial charge in [-0.25, -0.2) is 14.3 Å². The maximum Gasteiger partial charge on any atom is 0.223 e. The molecule has 0 saturated carbocycles. The number of ether oxygens (including phenoxy) is 1. The van der Waals surface area contributed by atoms with Crippen LogP contribution in [0.1, 0.15) is 21.6 Å². The molecule has 0 radical (unpaired) electrons. The maximum atomic E-state index is 12.8. The van der Waals surface area contributed by atoms with E-state index < -0.39 is 0 Å². The fourth-order valence-corrected chi connectivity index (χ4v) is 2.70. The van der Waals surface area contributed by atoms with E-state index in [0.717, 1.165) is 5.69 Å². The Kier molecular flexibility index (Phi) is 3.87. The van der Waals surface area contributed by atoms with Crippen molar-refractivity contribution in [3.63, 3.8) is 0 Å². The Labute approximate surface area is 137 Å². The second-order valence-electron chi connectivity index (χ2n) is 4.93. The quantitative estimate of drug-likeness (QED) is 0.685. The highest BCUT2D eigenvalue weighted by molar-refractivity contribution is 6.35. The van der Waals surface area contributed by atoms with E-state index in [9.17, 15) is 4.79 Å². The van der Waals surface area contributed by atoms with Gasteiger partial charge >= 0.3 is 0 Å². The average molecular weight is 332 g/mol. The maximum absolute atomic E-state index is 12.8. The molecule has 0 amide bonds. The van der Waals surface area contributed by atoms with E-state index in [1.54, 1.807) is 43.2 Å². The first-order valence-electron chi connectivity index (χ1n) is 6.79. The molecule has 23 heavy (non-hydrogen) atoms. The van der Waals surface area contributed by atoms with Crippen molar-refractivity contribution in [3.05, 3.63) is 52.7 Å². The zero-order chi connectivity index (χ0) is 16.6. The SMILES string of the molecule is COc1c(C(=O)c2ccc(-n3cncn3)cc2Cl)c(C)nn1C. The summed E-state index contributed by atoms with van der Waals surface area (Å²) in [5.41, 5.74) is 2.10. The molecule has 3 rings (SSSR count). The molecule has 0 aliphatic heterocycles. The van der Waals surface area contributed by atoms with Crippen molar-refractivity contribution in [2.75, 3.05) is 7.11 Å². The molecule has 0 N–H and O–H groups in total. The lowest BCUT2D eigenvalue weighted by atomic mass is 10.0. The van der Waals surface area contributed by atoms with Gasteiger partial charge in [-0.05, 0) is 25.1 Å². The summed E-state index contributed by atoms with van der Waals surface area (Å²) in [6.45, 7) is 1.76. The van der Waals surface area contributed by atoms with Crippen molar-refractivity contribution in [2.45, 2.75) is 6.92 Å². The number of aryl methyl sites for hydroxylation is 2. The lowest BCUT2D eigenvalue weighted by molar-refractivity contribution is 0.103. The molecular weight excluding hydrogens is 318 g/mol. The molecule has 7 nitrogen and oxygen atoms in total. The highest BCUT2D eigenvalue weighted by Crippen LogP contribution is 2.28. The summed E-state index contributed by atoms with van der Waals surface area (Å²) in [6.07, 6.45) is 2.98. The first kappa shape index (κ1) is 15.2. The van der Waals surface area contributed by atoms with Crippen molar-refractivity contribution >= 4 is 17.4 Å². The van der Waals surface area contributed by atoms with E-state index in [1.807, 2.05) is 0 Å². The topological polar surface area (TPSA) is 74.8 Å². The van der Waals surface area contributed by atoms with E-state index in [0.29, 0.717) is 27.7 Å². The molecule has 1 aromatic carbocycles. The molecular formula is C15H14ClN5O2. The number of hydrogen-bond acceptors (Lipinski definition) is 5. The number of methoxy groups -OCH3 is 1. The zero-order valence-electron chi connectivity index (χ0n) is 12.8. The predicted molar refractivity (Wildman–Crippen MR) is 84.3 cm³/mol. The van der Waals surface area contributed by atoms with Crippen molar-refractivity contribution in [1.82, 2.24) is 24.5 Å². The highest BCUT2D eigenvalue weighted by Gasteiger charge is 2.24. The molecule has 2 aromatic heterocycles. The third-order valence-corrected chi connectivity index (χ3v) is 3.78. The number of aromatic nitrogens is 5. The van der Waals surface area contributed by atoms with E-state index in [-0.39, 0.29) is 5.78 Å². The van der Waals surface area contributed by atoms with Gasteiger partial charge in [0.1, 0.15) is 18.2 Å². The fourth-order valence-electron chi connectivity index (χ4n) is 2.44. The predicted octanol–water partition coefficient (Wildman–Crippen LogP) is 2.20. The minimum absolute atomic E-state index is 0.234. The van der Waals surface area contributed by atoms with E-state index in [4.69, 9.17) is 16.3 Å². The van der Waals surface area contributed by atoms with Gasteiger partial charge in [0.25, 0.3) is 0 Å². The molecule has 8 heteroatoms. The summed E-state index contributed by atoms with van der Waals surface area (Å²) in [7, 11) is 3.22. The molecule has 0 spiro atoms. The minimum atomic E-state index is -0.234. The summed E-state index contributed by atoms with van der Waals surface area (Å²) in [5.74, 6) is 0.173. The van der Waals surface area contributed by atoms with Gasteiger partial charge in [-0.1, -0.05) is 11.6 Å². The van der Waals surface area contributed by atoms with Gasteiger partial charge in [0, 0.05) is 12.6 Å². The van der Waals surface area contributed by atoms with Crippen molar-refractivity contribution < 1.29 is 9.53 Å². The van der Waals surface area contributed by atoms with Crippen LogP contribution in [0, 0.1) is 6.92 Å². The smallest absolute Gasteiger partial charge is 0.223 e. The third-order valence-electron chi connectivity index (χ3n) is 3.47. The number of halogens is 1. The van der Waals surface area contributed by atoms with Crippen LogP contribution in [0.15, 0.2) is 30.9 Å². The standard InChI is InChI=1S/C15H14ClN5O2/c1-9-13(15(23-3)20(2)19-9)14(22)11-5-4-10(6-12(11)16)21-8-17-7-18-21/h4-8H,1-3H3. The number of carbonyl (C=O) groups excluding carboxylic acids is 1. The molecule has 0 saturated heterocycles. The summed E-state index contributed by atoms with van der Waals surface area (Å²) in [6, 6.07) is 5.08. The molecule has 0 bridgehead atoms. The molecule has 0 atom stereocenters. The monoisotopic (exact) mass is 331 g/mol. The van der Waals surface area contributed by atoms with Crippen molar-refractivity contribution in [1.29, 1.82) is 0 Å². The first-order chi connectivity index (χ1) is 11.0. The van der Waals surface area contributed by atoms with Crippen LogP contribution in [0.3, 0.4) is 0 Å². The average Bonchev–Trinajstić information content (AvgIpc) is 3.14. The molecule has 0 unspecified atom stereocenters. The van der Waals surface area contributed by atoms with Crippen molar-refractivity contribution in [3.8, 4) is 11.6 Å². The van der Waals surface area contributed by atoms with Gasteiger partial charge in [0.2, 0.25) is 11.7 Å². The molecule has 2 heterocycles. The van der Waals surface area contributed by atoms with Crippen LogP contribution < -0.4 is 4.74 Å². The van der Waals surface area contributed by atoms with Gasteiger partial charge in [-0.2, -0.15) is 10.2 Å². The zero-order valence-corrected chi connectivity index (χ0v) is 13.6. The summed E-state index contributed by atoms with van der Waals surface area (Å²) in [5, 5.41) is 8.58. The Morgan fingerprint density at radius 3 is 2.74 bits per heavy atom. The molecule has 118 valence electrons. The van der Waals surface area contributed by atoms with Gasteiger partial charge in [0.05, 0.1) is 23.5 Å². The molecule has 0 fully saturated rings. The Morgan fingerprint density at radius 1 is 1.35 bits per heavy atom. The number of carbonyl (C=O) groups is 1. The van der Waals surface area contributed by atoms with Gasteiger partial charge in [0.15, 0.2) is 0 Å². The van der Waals surface area contributed by atoms with Crippen LogP contribution in [-0.2, 0) is 7.05 Å². The van der Waals surface area contributed by atoms with Crippen LogP contribution in [0.4, 0.5) is 0 Å². The van der Waals surface area contributed by atoms with E-state index in [1.165, 1.54) is 18.1 Å². The van der Waals surface area contributed by atoms with Gasteiger partial charge < -0.3 is 4.74 Å². The Morgan fingerprint density at radius 2 is 2.13 bits per heavy atom. The third kappa shape index (κ3) is 2.59. The summed E-state index contributed by atoms with van der Waals surface area (Å²) < 4.78 is 8.37. The van der Waals surface area contributed by atoms with Crippen molar-refractivity contribution in [2.24, 2.45) is 7.05 Å². The largest absolute Gasteiger partial charge is 0.481 e. The number of benzene rings is 1. The summed E-state index contributed by atoms with van der Waals surface area (Å²) >= 11 is 6.30. The van der Waals surface area contributed by atoms with Gasteiger partial charge in [-0.3, -0.25) is 4.79 Å². The molecule has 0 aliphatic carbocycles. The Balaban J connectivity index is 2.04. The minimum Gasteiger partial charge on any atom is -0.481 e. The summed E-state index contributed by atoms with van der Waals surface area (Å²) in [4.78, 5) is 16.7. The number of ketones is 1. The highest BCUT2D eigenvalue weighted by atomic mass is 35.5. The molecule has 0 aliphatic rings. The Hall–Kier alpha value is -2.67. The first-order valence-corrected chi connectivity index (χ1v) is 7.17. The van der Waals surface area contributed by atoms with Gasteiger partial charge in [-0.15, -0.1) is 0 Å². The van der Waals surface area contributed by atoms with E-state index in [2.05, 4.69) is 15.2 Å².